The van der Waals surface area contributed by atoms with Crippen molar-refractivity contribution in [2.45, 2.75) is 31.8 Å². The van der Waals surface area contributed by atoms with Gasteiger partial charge in [0.25, 0.3) is 0 Å². The standard InChI is InChI=1S/C14H15ClN2S/c1-9-2-3-10(8-12(9)15)13(17-11-4-5-11)14-16-6-7-18-14/h2-3,6-8,11,13,17H,4-5H2,1H3. The minimum Gasteiger partial charge on any atom is -0.301 e. The smallest absolute Gasteiger partial charge is 0.114 e. The van der Waals surface area contributed by atoms with E-state index in [0.717, 1.165) is 15.6 Å². The van der Waals surface area contributed by atoms with E-state index in [0.29, 0.717) is 6.04 Å². The summed E-state index contributed by atoms with van der Waals surface area (Å²) in [5.74, 6) is 0. The molecular formula is C14H15ClN2S. The second-order valence-corrected chi connectivity index (χ2v) is 6.09. The Morgan fingerprint density at radius 2 is 2.28 bits per heavy atom. The number of rotatable bonds is 4. The molecule has 1 unspecified atom stereocenters. The second kappa shape index (κ2) is 5.00. The van der Waals surface area contributed by atoms with Crippen molar-refractivity contribution in [3.8, 4) is 0 Å². The number of aryl methyl sites for hydroxylation is 1. The maximum Gasteiger partial charge on any atom is 0.114 e. The van der Waals surface area contributed by atoms with Gasteiger partial charge in [0, 0.05) is 22.6 Å². The van der Waals surface area contributed by atoms with Gasteiger partial charge in [-0.25, -0.2) is 4.98 Å². The Kier molecular flexibility index (Phi) is 3.37. The van der Waals surface area contributed by atoms with Gasteiger partial charge in [0.05, 0.1) is 6.04 Å². The third-order valence-corrected chi connectivity index (χ3v) is 4.45. The SMILES string of the molecule is Cc1ccc(C(NC2CC2)c2nccs2)cc1Cl. The monoisotopic (exact) mass is 278 g/mol. The number of aromatic nitrogens is 1. The Labute approximate surface area is 116 Å². The quantitative estimate of drug-likeness (QED) is 0.916. The van der Waals surface area contributed by atoms with Gasteiger partial charge < -0.3 is 5.32 Å². The van der Waals surface area contributed by atoms with E-state index < -0.39 is 0 Å². The Balaban J connectivity index is 1.93. The Bertz CT molecular complexity index is 535. The summed E-state index contributed by atoms with van der Waals surface area (Å²) in [7, 11) is 0. The summed E-state index contributed by atoms with van der Waals surface area (Å²) in [4.78, 5) is 4.44. The van der Waals surface area contributed by atoms with Crippen LogP contribution in [0.4, 0.5) is 0 Å². The van der Waals surface area contributed by atoms with Crippen LogP contribution in [0.1, 0.15) is 35.0 Å². The highest BCUT2D eigenvalue weighted by Crippen LogP contribution is 2.31. The van der Waals surface area contributed by atoms with Gasteiger partial charge in [-0.05, 0) is 37.0 Å². The highest BCUT2D eigenvalue weighted by molar-refractivity contribution is 7.09. The van der Waals surface area contributed by atoms with Crippen molar-refractivity contribution in [1.82, 2.24) is 10.3 Å². The maximum absolute atomic E-state index is 6.23. The van der Waals surface area contributed by atoms with E-state index in [4.69, 9.17) is 11.6 Å². The van der Waals surface area contributed by atoms with Crippen LogP contribution in [-0.4, -0.2) is 11.0 Å². The zero-order valence-electron chi connectivity index (χ0n) is 10.2. The molecule has 0 amide bonds. The van der Waals surface area contributed by atoms with Crippen molar-refractivity contribution in [3.63, 3.8) is 0 Å². The molecule has 3 rings (SSSR count). The normalized spacial score (nSPS) is 16.8. The number of benzene rings is 1. The van der Waals surface area contributed by atoms with Crippen LogP contribution >= 0.6 is 22.9 Å². The number of hydrogen-bond acceptors (Lipinski definition) is 3. The molecule has 18 heavy (non-hydrogen) atoms. The van der Waals surface area contributed by atoms with E-state index in [9.17, 15) is 0 Å². The number of halogens is 1. The number of nitrogens with one attached hydrogen (secondary N) is 1. The first-order valence-electron chi connectivity index (χ1n) is 6.15. The number of hydrogen-bond donors (Lipinski definition) is 1. The summed E-state index contributed by atoms with van der Waals surface area (Å²) in [5, 5.41) is 7.60. The van der Waals surface area contributed by atoms with E-state index in [1.54, 1.807) is 11.3 Å². The van der Waals surface area contributed by atoms with E-state index >= 15 is 0 Å². The first kappa shape index (κ1) is 12.2. The lowest BCUT2D eigenvalue weighted by Gasteiger charge is -2.17. The minimum absolute atomic E-state index is 0.176. The van der Waals surface area contributed by atoms with Gasteiger partial charge in [-0.15, -0.1) is 11.3 Å². The lowest BCUT2D eigenvalue weighted by Crippen LogP contribution is -2.24. The molecule has 2 nitrogen and oxygen atoms in total. The molecule has 1 aromatic carbocycles. The molecule has 0 radical (unpaired) electrons. The third kappa shape index (κ3) is 2.58. The largest absolute Gasteiger partial charge is 0.301 e. The molecule has 1 saturated carbocycles. The van der Waals surface area contributed by atoms with Gasteiger partial charge in [0.15, 0.2) is 0 Å². The molecule has 1 aliphatic carbocycles. The molecule has 0 saturated heterocycles. The predicted octanol–water partition coefficient (Wildman–Crippen LogP) is 3.95. The van der Waals surface area contributed by atoms with Gasteiger partial charge in [-0.2, -0.15) is 0 Å². The Morgan fingerprint density at radius 1 is 1.44 bits per heavy atom. The molecular weight excluding hydrogens is 264 g/mol. The van der Waals surface area contributed by atoms with Crippen molar-refractivity contribution >= 4 is 22.9 Å². The molecule has 0 bridgehead atoms. The zero-order valence-corrected chi connectivity index (χ0v) is 11.8. The highest BCUT2D eigenvalue weighted by Gasteiger charge is 2.27. The van der Waals surface area contributed by atoms with Crippen LogP contribution in [0, 0.1) is 6.92 Å². The van der Waals surface area contributed by atoms with Crippen LogP contribution in [0.25, 0.3) is 0 Å². The fourth-order valence-corrected chi connectivity index (χ4v) is 2.87. The lowest BCUT2D eigenvalue weighted by molar-refractivity contribution is 0.598. The third-order valence-electron chi connectivity index (χ3n) is 3.21. The molecule has 1 fully saturated rings. The first-order chi connectivity index (χ1) is 8.74. The molecule has 1 N–H and O–H groups in total. The molecule has 1 aliphatic rings. The van der Waals surface area contributed by atoms with Gasteiger partial charge >= 0.3 is 0 Å². The highest BCUT2D eigenvalue weighted by atomic mass is 35.5. The molecule has 1 heterocycles. The molecule has 2 aromatic rings. The van der Waals surface area contributed by atoms with Crippen LogP contribution in [-0.2, 0) is 0 Å². The van der Waals surface area contributed by atoms with Crippen molar-refractivity contribution < 1.29 is 0 Å². The van der Waals surface area contributed by atoms with Crippen LogP contribution in [0.15, 0.2) is 29.8 Å². The molecule has 0 aliphatic heterocycles. The Hall–Kier alpha value is -0.900. The fraction of sp³-hybridized carbons (Fsp3) is 0.357. The molecule has 1 atom stereocenters. The molecule has 0 spiro atoms. The Morgan fingerprint density at radius 3 is 2.89 bits per heavy atom. The second-order valence-electron chi connectivity index (χ2n) is 4.75. The van der Waals surface area contributed by atoms with Crippen LogP contribution < -0.4 is 5.32 Å². The van der Waals surface area contributed by atoms with Gasteiger partial charge in [-0.3, -0.25) is 0 Å². The maximum atomic E-state index is 6.23. The first-order valence-corrected chi connectivity index (χ1v) is 7.41. The average Bonchev–Trinajstić information content (AvgIpc) is 3.02. The zero-order chi connectivity index (χ0) is 12.5. The molecule has 94 valence electrons. The van der Waals surface area contributed by atoms with E-state index in [1.807, 2.05) is 18.5 Å². The van der Waals surface area contributed by atoms with Crippen molar-refractivity contribution in [3.05, 3.63) is 50.9 Å². The summed E-state index contributed by atoms with van der Waals surface area (Å²) in [6.45, 7) is 2.03. The number of thiazole rings is 1. The predicted molar refractivity (Wildman–Crippen MR) is 76.3 cm³/mol. The lowest BCUT2D eigenvalue weighted by atomic mass is 10.1. The van der Waals surface area contributed by atoms with Crippen LogP contribution in [0.2, 0.25) is 5.02 Å². The fourth-order valence-electron chi connectivity index (χ4n) is 1.96. The average molecular weight is 279 g/mol. The summed E-state index contributed by atoms with van der Waals surface area (Å²) in [6.07, 6.45) is 4.39. The topological polar surface area (TPSA) is 24.9 Å². The van der Waals surface area contributed by atoms with E-state index in [1.165, 1.54) is 18.4 Å². The van der Waals surface area contributed by atoms with Crippen molar-refractivity contribution in [1.29, 1.82) is 0 Å². The van der Waals surface area contributed by atoms with Crippen molar-refractivity contribution in [2.75, 3.05) is 0 Å². The summed E-state index contributed by atoms with van der Waals surface area (Å²) in [5.41, 5.74) is 2.32. The molecule has 1 aromatic heterocycles. The van der Waals surface area contributed by atoms with Crippen LogP contribution in [0.3, 0.4) is 0 Å². The number of nitrogens with zero attached hydrogens (tertiary/aromatic N) is 1. The summed E-state index contributed by atoms with van der Waals surface area (Å²) < 4.78 is 0. The van der Waals surface area contributed by atoms with E-state index in [2.05, 4.69) is 28.5 Å². The molecule has 4 heteroatoms. The van der Waals surface area contributed by atoms with E-state index in [-0.39, 0.29) is 6.04 Å². The van der Waals surface area contributed by atoms with Crippen molar-refractivity contribution in [2.24, 2.45) is 0 Å². The van der Waals surface area contributed by atoms with Crippen LogP contribution in [0.5, 0.6) is 0 Å². The van der Waals surface area contributed by atoms with Gasteiger partial charge in [0.1, 0.15) is 5.01 Å². The minimum atomic E-state index is 0.176. The van der Waals surface area contributed by atoms with Gasteiger partial charge in [-0.1, -0.05) is 23.7 Å². The van der Waals surface area contributed by atoms with Gasteiger partial charge in [0.2, 0.25) is 0 Å². The summed E-state index contributed by atoms with van der Waals surface area (Å²) >= 11 is 7.92. The summed E-state index contributed by atoms with van der Waals surface area (Å²) in [6, 6.07) is 7.09.